The van der Waals surface area contributed by atoms with Gasteiger partial charge in [0, 0.05) is 10.6 Å². The van der Waals surface area contributed by atoms with Crippen LogP contribution in [0.15, 0.2) is 95.1 Å². The van der Waals surface area contributed by atoms with Crippen molar-refractivity contribution in [2.24, 2.45) is 4.99 Å². The Kier molecular flexibility index (Phi) is 5.09. The number of aromatic amines is 1. The molecule has 4 aromatic rings. The SMILES string of the molecule is OC1/C(=C/c2ccc3[nH]cnc3c2)S/C(=N\Cc2ccccc2)N1c1ccccc1. The Morgan fingerprint density at radius 2 is 1.80 bits per heavy atom. The summed E-state index contributed by atoms with van der Waals surface area (Å²) in [5.41, 5.74) is 4.94. The molecule has 2 N–H and O–H groups in total. The van der Waals surface area contributed by atoms with Crippen LogP contribution in [0.3, 0.4) is 0 Å². The first-order valence-corrected chi connectivity index (χ1v) is 10.5. The average molecular weight is 413 g/mol. The number of amidine groups is 1. The molecule has 0 radical (unpaired) electrons. The highest BCUT2D eigenvalue weighted by molar-refractivity contribution is 8.18. The van der Waals surface area contributed by atoms with Crippen LogP contribution in [0.2, 0.25) is 0 Å². The summed E-state index contributed by atoms with van der Waals surface area (Å²) in [5.74, 6) is 0. The first-order valence-electron chi connectivity index (χ1n) is 9.71. The topological polar surface area (TPSA) is 64.5 Å². The van der Waals surface area contributed by atoms with E-state index in [1.807, 2.05) is 77.7 Å². The monoisotopic (exact) mass is 412 g/mol. The number of rotatable bonds is 4. The molecule has 0 bridgehead atoms. The number of aliphatic hydroxyl groups excluding tert-OH is 1. The summed E-state index contributed by atoms with van der Waals surface area (Å²) in [6.45, 7) is 0.561. The minimum absolute atomic E-state index is 0.561. The normalized spacial score (nSPS) is 19.2. The smallest absolute Gasteiger partial charge is 0.171 e. The number of anilines is 1. The summed E-state index contributed by atoms with van der Waals surface area (Å²) >= 11 is 1.50. The minimum Gasteiger partial charge on any atom is -0.368 e. The zero-order valence-corrected chi connectivity index (χ0v) is 17.0. The number of hydrogen-bond donors (Lipinski definition) is 2. The second kappa shape index (κ2) is 8.18. The Hall–Kier alpha value is -3.35. The van der Waals surface area contributed by atoms with Crippen LogP contribution < -0.4 is 4.90 Å². The second-order valence-electron chi connectivity index (χ2n) is 6.99. The number of fused-ring (bicyclic) bond motifs is 1. The number of hydrogen-bond acceptors (Lipinski definition) is 4. The van der Waals surface area contributed by atoms with E-state index >= 15 is 0 Å². The molecule has 5 nitrogen and oxygen atoms in total. The van der Waals surface area contributed by atoms with Gasteiger partial charge in [0.2, 0.25) is 0 Å². The molecule has 30 heavy (non-hydrogen) atoms. The molecule has 0 aliphatic carbocycles. The lowest BCUT2D eigenvalue weighted by atomic mass is 10.2. The fourth-order valence-corrected chi connectivity index (χ4v) is 4.49. The standard InChI is InChI=1S/C24H20N4OS/c29-23-22(14-18-11-12-20-21(13-18)27-16-26-20)30-24(25-15-17-7-3-1-4-8-17)28(23)19-9-5-2-6-10-19/h1-14,16,23,29H,15H2,(H,26,27)/b22-14-,25-24-. The van der Waals surface area contributed by atoms with Gasteiger partial charge < -0.3 is 10.1 Å². The fourth-order valence-electron chi connectivity index (χ4n) is 3.44. The summed E-state index contributed by atoms with van der Waals surface area (Å²) < 4.78 is 0. The molecule has 5 rings (SSSR count). The van der Waals surface area contributed by atoms with Crippen molar-refractivity contribution in [3.05, 3.63) is 101 Å². The van der Waals surface area contributed by atoms with Crippen molar-refractivity contribution in [3.8, 4) is 0 Å². The molecule has 1 aromatic heterocycles. The Labute approximate surface area is 178 Å². The molecule has 3 aromatic carbocycles. The van der Waals surface area contributed by atoms with Crippen molar-refractivity contribution < 1.29 is 5.11 Å². The zero-order chi connectivity index (χ0) is 20.3. The van der Waals surface area contributed by atoms with Gasteiger partial charge in [-0.2, -0.15) is 0 Å². The number of nitrogens with one attached hydrogen (secondary N) is 1. The Morgan fingerprint density at radius 1 is 1.03 bits per heavy atom. The largest absolute Gasteiger partial charge is 0.368 e. The predicted octanol–water partition coefficient (Wildman–Crippen LogP) is 5.03. The molecular formula is C24H20N4OS. The van der Waals surface area contributed by atoms with Gasteiger partial charge in [-0.3, -0.25) is 9.89 Å². The van der Waals surface area contributed by atoms with Crippen LogP contribution in [0.25, 0.3) is 17.1 Å². The number of benzene rings is 3. The number of aliphatic hydroxyl groups is 1. The maximum absolute atomic E-state index is 11.1. The number of thioether (sulfide) groups is 1. The summed E-state index contributed by atoms with van der Waals surface area (Å²) in [4.78, 5) is 15.0. The van der Waals surface area contributed by atoms with E-state index in [2.05, 4.69) is 22.1 Å². The summed E-state index contributed by atoms with van der Waals surface area (Å²) in [5, 5.41) is 11.9. The molecule has 1 unspecified atom stereocenters. The third-order valence-corrected chi connectivity index (χ3v) is 6.02. The highest BCUT2D eigenvalue weighted by atomic mass is 32.2. The lowest BCUT2D eigenvalue weighted by Crippen LogP contribution is -2.33. The first-order chi connectivity index (χ1) is 14.8. The Balaban J connectivity index is 1.50. The fraction of sp³-hybridized carbons (Fsp3) is 0.0833. The molecule has 1 aliphatic rings. The minimum atomic E-state index is -0.790. The highest BCUT2D eigenvalue weighted by Gasteiger charge is 2.34. The van der Waals surface area contributed by atoms with E-state index in [1.54, 1.807) is 6.33 Å². The molecule has 148 valence electrons. The molecule has 1 saturated heterocycles. The molecule has 6 heteroatoms. The molecule has 0 saturated carbocycles. The third kappa shape index (κ3) is 3.75. The van der Waals surface area contributed by atoms with E-state index in [4.69, 9.17) is 4.99 Å². The first kappa shape index (κ1) is 18.7. The average Bonchev–Trinajstić information content (AvgIpc) is 3.38. The van der Waals surface area contributed by atoms with Gasteiger partial charge in [0.1, 0.15) is 0 Å². The number of aliphatic imine (C=N–C) groups is 1. The van der Waals surface area contributed by atoms with Gasteiger partial charge in [0.25, 0.3) is 0 Å². The van der Waals surface area contributed by atoms with Crippen LogP contribution in [-0.2, 0) is 6.54 Å². The molecule has 0 spiro atoms. The van der Waals surface area contributed by atoms with Gasteiger partial charge in [0.15, 0.2) is 11.4 Å². The predicted molar refractivity (Wildman–Crippen MR) is 124 cm³/mol. The van der Waals surface area contributed by atoms with Crippen molar-refractivity contribution in [1.82, 2.24) is 9.97 Å². The molecule has 1 atom stereocenters. The van der Waals surface area contributed by atoms with Crippen LogP contribution in [-0.4, -0.2) is 26.5 Å². The van der Waals surface area contributed by atoms with Crippen molar-refractivity contribution in [2.75, 3.05) is 4.90 Å². The lowest BCUT2D eigenvalue weighted by molar-refractivity contribution is 0.233. The van der Waals surface area contributed by atoms with Gasteiger partial charge in [-0.05, 0) is 41.5 Å². The van der Waals surface area contributed by atoms with E-state index < -0.39 is 6.23 Å². The maximum Gasteiger partial charge on any atom is 0.171 e. The van der Waals surface area contributed by atoms with Crippen molar-refractivity contribution in [2.45, 2.75) is 12.8 Å². The van der Waals surface area contributed by atoms with E-state index in [-0.39, 0.29) is 0 Å². The second-order valence-corrected chi connectivity index (χ2v) is 8.03. The third-order valence-electron chi connectivity index (χ3n) is 4.94. The summed E-state index contributed by atoms with van der Waals surface area (Å²) in [6.07, 6.45) is 2.90. The Bertz CT molecular complexity index is 1220. The van der Waals surface area contributed by atoms with Crippen LogP contribution >= 0.6 is 11.8 Å². The van der Waals surface area contributed by atoms with E-state index in [1.165, 1.54) is 11.8 Å². The van der Waals surface area contributed by atoms with E-state index in [0.717, 1.165) is 37.9 Å². The lowest BCUT2D eigenvalue weighted by Gasteiger charge is -2.22. The molecule has 0 amide bonds. The molecule has 2 heterocycles. The number of H-pyrrole nitrogens is 1. The van der Waals surface area contributed by atoms with E-state index in [9.17, 15) is 5.11 Å². The van der Waals surface area contributed by atoms with Crippen LogP contribution in [0, 0.1) is 0 Å². The Morgan fingerprint density at radius 3 is 2.60 bits per heavy atom. The van der Waals surface area contributed by atoms with Crippen molar-refractivity contribution in [3.63, 3.8) is 0 Å². The number of nitrogens with zero attached hydrogens (tertiary/aromatic N) is 3. The van der Waals surface area contributed by atoms with Crippen LogP contribution in [0.4, 0.5) is 5.69 Å². The summed E-state index contributed by atoms with van der Waals surface area (Å²) in [7, 11) is 0. The van der Waals surface area contributed by atoms with Gasteiger partial charge in [-0.1, -0.05) is 66.4 Å². The molecular weight excluding hydrogens is 392 g/mol. The van der Waals surface area contributed by atoms with Crippen molar-refractivity contribution >= 4 is 39.7 Å². The highest BCUT2D eigenvalue weighted by Crippen LogP contribution is 2.39. The molecule has 1 fully saturated rings. The van der Waals surface area contributed by atoms with Crippen LogP contribution in [0.5, 0.6) is 0 Å². The zero-order valence-electron chi connectivity index (χ0n) is 16.1. The number of aromatic nitrogens is 2. The molecule has 1 aliphatic heterocycles. The van der Waals surface area contributed by atoms with Gasteiger partial charge >= 0.3 is 0 Å². The maximum atomic E-state index is 11.1. The van der Waals surface area contributed by atoms with Crippen molar-refractivity contribution in [1.29, 1.82) is 0 Å². The van der Waals surface area contributed by atoms with Crippen LogP contribution in [0.1, 0.15) is 11.1 Å². The van der Waals surface area contributed by atoms with E-state index in [0.29, 0.717) is 6.54 Å². The quantitative estimate of drug-likeness (QED) is 0.493. The summed E-state index contributed by atoms with van der Waals surface area (Å²) in [6, 6.07) is 26.0. The van der Waals surface area contributed by atoms with Gasteiger partial charge in [-0.15, -0.1) is 0 Å². The van der Waals surface area contributed by atoms with Gasteiger partial charge in [0.05, 0.1) is 23.9 Å². The van der Waals surface area contributed by atoms with Gasteiger partial charge in [-0.25, -0.2) is 4.98 Å². The number of para-hydroxylation sites is 1. The number of imidazole rings is 1.